The number of carbonyl (C=O) groups is 2. The predicted molar refractivity (Wildman–Crippen MR) is 153 cm³/mol. The summed E-state index contributed by atoms with van der Waals surface area (Å²) >= 11 is 6.21. The maximum atomic E-state index is 13.5. The van der Waals surface area contributed by atoms with Gasteiger partial charge in [0.05, 0.1) is 6.04 Å². The van der Waals surface area contributed by atoms with E-state index in [9.17, 15) is 9.59 Å². The molecular formula is C31H34ClN5O2. The summed E-state index contributed by atoms with van der Waals surface area (Å²) in [5, 5.41) is 6.64. The van der Waals surface area contributed by atoms with E-state index < -0.39 is 0 Å². The molecule has 2 aliphatic heterocycles. The Bertz CT molecular complexity index is 1360. The standard InChI is InChI=1S/C31H34ClN5O2/c32-27-4-2-1-3-24(27)20-34-30(39)35-28-8-7-22-5-6-23(19-26(22)28)29(38)36-16-11-31(12-17-36)13-18-37(21-31)25-9-14-33-15-10-25/h1-6,9-10,14-15,19,28H,7-8,11-13,16-18,20-21H2,(H2,34,35,39). The Hall–Kier alpha value is -3.58. The molecule has 202 valence electrons. The number of carbonyl (C=O) groups excluding carboxylic acids is 2. The number of amides is 3. The van der Waals surface area contributed by atoms with Crippen LogP contribution in [0.5, 0.6) is 0 Å². The first kappa shape index (κ1) is 25.7. The Labute approximate surface area is 234 Å². The molecule has 3 heterocycles. The molecule has 3 amide bonds. The van der Waals surface area contributed by atoms with Gasteiger partial charge in [0.1, 0.15) is 0 Å². The van der Waals surface area contributed by atoms with Crippen LogP contribution in [0.25, 0.3) is 0 Å². The van der Waals surface area contributed by atoms with Gasteiger partial charge in [0.2, 0.25) is 0 Å². The van der Waals surface area contributed by atoms with Gasteiger partial charge in [-0.25, -0.2) is 4.79 Å². The minimum absolute atomic E-state index is 0.0884. The van der Waals surface area contributed by atoms with Crippen molar-refractivity contribution < 1.29 is 9.59 Å². The van der Waals surface area contributed by atoms with Crippen molar-refractivity contribution in [3.8, 4) is 0 Å². The average molecular weight is 544 g/mol. The van der Waals surface area contributed by atoms with Crippen molar-refractivity contribution in [2.24, 2.45) is 5.41 Å². The molecule has 7 nitrogen and oxygen atoms in total. The van der Waals surface area contributed by atoms with Crippen molar-refractivity contribution in [3.63, 3.8) is 0 Å². The van der Waals surface area contributed by atoms with Crippen molar-refractivity contribution >= 4 is 29.2 Å². The first-order chi connectivity index (χ1) is 19.0. The number of pyridine rings is 1. The second kappa shape index (κ2) is 10.9. The van der Waals surface area contributed by atoms with Crippen LogP contribution in [0.4, 0.5) is 10.5 Å². The number of nitrogens with one attached hydrogen (secondary N) is 2. The molecule has 2 aromatic carbocycles. The molecule has 6 rings (SSSR count). The molecule has 39 heavy (non-hydrogen) atoms. The van der Waals surface area contributed by atoms with Gasteiger partial charge in [0.15, 0.2) is 0 Å². The number of fused-ring (bicyclic) bond motifs is 1. The normalized spacial score (nSPS) is 19.7. The summed E-state index contributed by atoms with van der Waals surface area (Å²) in [5.74, 6) is 0.0884. The van der Waals surface area contributed by atoms with Crippen LogP contribution in [0.15, 0.2) is 67.0 Å². The molecule has 3 aliphatic rings. The highest BCUT2D eigenvalue weighted by molar-refractivity contribution is 6.31. The van der Waals surface area contributed by atoms with Gasteiger partial charge in [-0.1, -0.05) is 35.9 Å². The Kier molecular flexibility index (Phi) is 7.17. The van der Waals surface area contributed by atoms with E-state index in [4.69, 9.17) is 11.6 Å². The van der Waals surface area contributed by atoms with Crippen LogP contribution < -0.4 is 15.5 Å². The third kappa shape index (κ3) is 5.46. The topological polar surface area (TPSA) is 77.6 Å². The minimum Gasteiger partial charge on any atom is -0.371 e. The molecule has 0 bridgehead atoms. The number of likely N-dealkylation sites (tertiary alicyclic amines) is 1. The van der Waals surface area contributed by atoms with Gasteiger partial charge < -0.3 is 20.4 Å². The minimum atomic E-state index is -0.233. The summed E-state index contributed by atoms with van der Waals surface area (Å²) in [5.41, 5.74) is 5.34. The van der Waals surface area contributed by atoms with Crippen LogP contribution in [0, 0.1) is 5.41 Å². The number of halogens is 1. The van der Waals surface area contributed by atoms with Gasteiger partial charge >= 0.3 is 6.03 Å². The second-order valence-electron chi connectivity index (χ2n) is 11.1. The van der Waals surface area contributed by atoms with E-state index >= 15 is 0 Å². The fourth-order valence-corrected chi connectivity index (χ4v) is 6.60. The van der Waals surface area contributed by atoms with E-state index in [-0.39, 0.29) is 23.4 Å². The van der Waals surface area contributed by atoms with Crippen LogP contribution in [0.2, 0.25) is 5.02 Å². The lowest BCUT2D eigenvalue weighted by Gasteiger charge is -2.39. The summed E-state index contributed by atoms with van der Waals surface area (Å²) < 4.78 is 0. The highest BCUT2D eigenvalue weighted by atomic mass is 35.5. The highest BCUT2D eigenvalue weighted by Gasteiger charge is 2.41. The van der Waals surface area contributed by atoms with Crippen LogP contribution in [0.1, 0.15) is 58.8 Å². The number of aromatic nitrogens is 1. The molecule has 1 unspecified atom stereocenters. The Balaban J connectivity index is 1.05. The number of urea groups is 1. The van der Waals surface area contributed by atoms with E-state index in [1.165, 1.54) is 17.7 Å². The zero-order valence-electron chi connectivity index (χ0n) is 22.0. The molecule has 1 spiro atoms. The molecule has 1 aromatic heterocycles. The van der Waals surface area contributed by atoms with E-state index in [1.54, 1.807) is 0 Å². The maximum Gasteiger partial charge on any atom is 0.315 e. The van der Waals surface area contributed by atoms with Crippen LogP contribution >= 0.6 is 11.6 Å². The molecule has 2 N–H and O–H groups in total. The number of hydrogen-bond donors (Lipinski definition) is 2. The predicted octanol–water partition coefficient (Wildman–Crippen LogP) is 5.35. The summed E-state index contributed by atoms with van der Waals surface area (Å²) in [4.78, 5) is 34.8. The number of piperidine rings is 1. The smallest absolute Gasteiger partial charge is 0.315 e. The summed E-state index contributed by atoms with van der Waals surface area (Å²) in [7, 11) is 0. The lowest BCUT2D eigenvalue weighted by Crippen LogP contribution is -2.44. The van der Waals surface area contributed by atoms with Crippen molar-refractivity contribution in [1.29, 1.82) is 0 Å². The van der Waals surface area contributed by atoms with Crippen LogP contribution in [0.3, 0.4) is 0 Å². The quantitative estimate of drug-likeness (QED) is 0.454. The zero-order chi connectivity index (χ0) is 26.8. The van der Waals surface area contributed by atoms with E-state index in [0.29, 0.717) is 17.1 Å². The van der Waals surface area contributed by atoms with Crippen LogP contribution in [-0.4, -0.2) is 48.0 Å². The third-order valence-electron chi connectivity index (χ3n) is 8.75. The van der Waals surface area contributed by atoms with Crippen molar-refractivity contribution in [2.45, 2.75) is 44.7 Å². The first-order valence-corrected chi connectivity index (χ1v) is 14.2. The number of benzene rings is 2. The molecule has 2 saturated heterocycles. The number of hydrogen-bond acceptors (Lipinski definition) is 4. The second-order valence-corrected chi connectivity index (χ2v) is 11.5. The summed E-state index contributed by atoms with van der Waals surface area (Å²) in [6.45, 7) is 4.03. The third-order valence-corrected chi connectivity index (χ3v) is 9.12. The van der Waals surface area contributed by atoms with Crippen LogP contribution in [-0.2, 0) is 13.0 Å². The van der Waals surface area contributed by atoms with Crippen molar-refractivity contribution in [2.75, 3.05) is 31.1 Å². The van der Waals surface area contributed by atoms with Gasteiger partial charge in [-0.3, -0.25) is 9.78 Å². The van der Waals surface area contributed by atoms with Gasteiger partial charge in [0, 0.05) is 61.4 Å². The van der Waals surface area contributed by atoms with Gasteiger partial charge in [-0.2, -0.15) is 0 Å². The molecule has 0 saturated carbocycles. The van der Waals surface area contributed by atoms with Crippen molar-refractivity contribution in [1.82, 2.24) is 20.5 Å². The number of rotatable bonds is 5. The van der Waals surface area contributed by atoms with Crippen molar-refractivity contribution in [3.05, 3.63) is 94.3 Å². The van der Waals surface area contributed by atoms with Gasteiger partial charge in [0.25, 0.3) is 5.91 Å². The average Bonchev–Trinajstić information content (AvgIpc) is 3.57. The molecule has 0 radical (unpaired) electrons. The van der Waals surface area contributed by atoms with E-state index in [2.05, 4.69) is 38.7 Å². The van der Waals surface area contributed by atoms with Gasteiger partial charge in [-0.05, 0) is 84.5 Å². The lowest BCUT2D eigenvalue weighted by molar-refractivity contribution is 0.0610. The Morgan fingerprint density at radius 1 is 1.00 bits per heavy atom. The summed E-state index contributed by atoms with van der Waals surface area (Å²) in [6, 6.07) is 17.3. The zero-order valence-corrected chi connectivity index (χ0v) is 22.8. The Morgan fingerprint density at radius 2 is 1.77 bits per heavy atom. The lowest BCUT2D eigenvalue weighted by atomic mass is 9.77. The fraction of sp³-hybridized carbons (Fsp3) is 0.387. The molecule has 8 heteroatoms. The maximum absolute atomic E-state index is 13.5. The highest BCUT2D eigenvalue weighted by Crippen LogP contribution is 2.42. The Morgan fingerprint density at radius 3 is 2.56 bits per heavy atom. The molecule has 2 fully saturated rings. The number of aryl methyl sites for hydroxylation is 1. The van der Waals surface area contributed by atoms with E-state index in [1.807, 2.05) is 53.7 Å². The number of nitrogens with zero attached hydrogens (tertiary/aromatic N) is 3. The molecule has 1 atom stereocenters. The van der Waals surface area contributed by atoms with Gasteiger partial charge in [-0.15, -0.1) is 0 Å². The largest absolute Gasteiger partial charge is 0.371 e. The molecule has 3 aromatic rings. The SMILES string of the molecule is O=C(NCc1ccccc1Cl)NC1CCc2ccc(C(=O)N3CCC4(CC3)CCN(c3ccncc3)C4)cc21. The monoisotopic (exact) mass is 543 g/mol. The number of anilines is 1. The van der Waals surface area contributed by atoms with E-state index in [0.717, 1.165) is 63.0 Å². The molecule has 1 aliphatic carbocycles. The fourth-order valence-electron chi connectivity index (χ4n) is 6.40. The molecular weight excluding hydrogens is 510 g/mol. The summed E-state index contributed by atoms with van der Waals surface area (Å²) in [6.07, 6.45) is 8.65. The first-order valence-electron chi connectivity index (χ1n) is 13.8.